The Kier molecular flexibility index (Phi) is 5.41. The third-order valence-electron chi connectivity index (χ3n) is 3.03. The van der Waals surface area contributed by atoms with E-state index in [1.54, 1.807) is 31.4 Å². The quantitative estimate of drug-likeness (QED) is 0.647. The number of benzene rings is 2. The normalized spacial score (nSPS) is 10.2. The number of nitro benzene ring substituents is 1. The molecule has 0 aromatic heterocycles. The Labute approximate surface area is 142 Å². The van der Waals surface area contributed by atoms with E-state index < -0.39 is 10.8 Å². The third kappa shape index (κ3) is 4.34. The molecule has 0 fully saturated rings. The van der Waals surface area contributed by atoms with Gasteiger partial charge >= 0.3 is 0 Å². The summed E-state index contributed by atoms with van der Waals surface area (Å²) < 4.78 is 5.03. The van der Waals surface area contributed by atoms with E-state index in [1.165, 1.54) is 6.07 Å². The molecule has 2 rings (SSSR count). The van der Waals surface area contributed by atoms with Crippen molar-refractivity contribution in [1.82, 2.24) is 0 Å². The minimum absolute atomic E-state index is 0.00270. The van der Waals surface area contributed by atoms with Crippen LogP contribution < -0.4 is 10.1 Å². The third-order valence-corrected chi connectivity index (χ3v) is 3.76. The zero-order chi connectivity index (χ0) is 17.0. The van der Waals surface area contributed by atoms with Gasteiger partial charge in [0, 0.05) is 6.07 Å². The van der Waals surface area contributed by atoms with Gasteiger partial charge in [-0.3, -0.25) is 14.9 Å². The van der Waals surface area contributed by atoms with Gasteiger partial charge in [0.1, 0.15) is 11.4 Å². The molecule has 0 aliphatic carbocycles. The van der Waals surface area contributed by atoms with Crippen LogP contribution in [0.15, 0.2) is 36.4 Å². The summed E-state index contributed by atoms with van der Waals surface area (Å²) in [5.74, 6) is 0.269. The van der Waals surface area contributed by atoms with E-state index in [2.05, 4.69) is 5.32 Å². The highest BCUT2D eigenvalue weighted by atomic mass is 35.5. The lowest BCUT2D eigenvalue weighted by atomic mass is 10.1. The Hall–Kier alpha value is -2.31. The molecule has 6 nitrogen and oxygen atoms in total. The number of nitrogens with one attached hydrogen (secondary N) is 1. The fraction of sp³-hybridized carbons (Fsp3) is 0.133. The molecule has 0 aliphatic heterocycles. The molecule has 0 radical (unpaired) electrons. The smallest absolute Gasteiger partial charge is 0.294 e. The summed E-state index contributed by atoms with van der Waals surface area (Å²) in [4.78, 5) is 22.5. The highest BCUT2D eigenvalue weighted by molar-refractivity contribution is 6.42. The lowest BCUT2D eigenvalue weighted by Crippen LogP contribution is -2.15. The fourth-order valence-corrected chi connectivity index (χ4v) is 2.23. The molecule has 0 atom stereocenters. The molecule has 0 aliphatic rings. The number of hydrogen-bond donors (Lipinski definition) is 1. The largest absolute Gasteiger partial charge is 0.497 e. The van der Waals surface area contributed by atoms with E-state index in [0.717, 1.165) is 11.6 Å². The molecule has 23 heavy (non-hydrogen) atoms. The van der Waals surface area contributed by atoms with Gasteiger partial charge in [0.2, 0.25) is 5.91 Å². The highest BCUT2D eigenvalue weighted by Crippen LogP contribution is 2.34. The van der Waals surface area contributed by atoms with E-state index in [-0.39, 0.29) is 27.8 Å². The van der Waals surface area contributed by atoms with Gasteiger partial charge in [-0.15, -0.1) is 0 Å². The standard InChI is InChI=1S/C15H12Cl2N2O4/c1-23-10-4-2-9(3-5-10)6-15(20)18-13-7-11(16)12(17)8-14(13)19(21)22/h2-5,7-8H,6H2,1H3,(H,18,20). The molecule has 0 spiro atoms. The molecule has 0 unspecified atom stereocenters. The van der Waals surface area contributed by atoms with Crippen LogP contribution in [0.2, 0.25) is 10.0 Å². The van der Waals surface area contributed by atoms with Gasteiger partial charge in [-0.25, -0.2) is 0 Å². The van der Waals surface area contributed by atoms with Gasteiger partial charge < -0.3 is 10.1 Å². The van der Waals surface area contributed by atoms with E-state index in [1.807, 2.05) is 0 Å². The SMILES string of the molecule is COc1ccc(CC(=O)Nc2cc(Cl)c(Cl)cc2[N+](=O)[O-])cc1. The molecule has 0 saturated carbocycles. The lowest BCUT2D eigenvalue weighted by Gasteiger charge is -2.08. The lowest BCUT2D eigenvalue weighted by molar-refractivity contribution is -0.383. The van der Waals surface area contributed by atoms with Gasteiger partial charge in [-0.1, -0.05) is 35.3 Å². The van der Waals surface area contributed by atoms with Crippen molar-refractivity contribution in [2.24, 2.45) is 0 Å². The molecule has 2 aromatic carbocycles. The highest BCUT2D eigenvalue weighted by Gasteiger charge is 2.19. The monoisotopic (exact) mass is 354 g/mol. The van der Waals surface area contributed by atoms with Crippen LogP contribution >= 0.6 is 23.2 Å². The Balaban J connectivity index is 2.16. The minimum Gasteiger partial charge on any atom is -0.497 e. The second-order valence-electron chi connectivity index (χ2n) is 4.61. The van der Waals surface area contributed by atoms with Gasteiger partial charge in [-0.2, -0.15) is 0 Å². The van der Waals surface area contributed by atoms with Gasteiger partial charge in [-0.05, 0) is 23.8 Å². The molecule has 0 saturated heterocycles. The summed E-state index contributed by atoms with van der Waals surface area (Å²) in [5.41, 5.74) is 0.427. The number of carbonyl (C=O) groups excluding carboxylic acids is 1. The number of rotatable bonds is 5. The number of methoxy groups -OCH3 is 1. The summed E-state index contributed by atoms with van der Waals surface area (Å²) in [5, 5.41) is 13.7. The number of amides is 1. The molecule has 0 bridgehead atoms. The van der Waals surface area contributed by atoms with Crippen molar-refractivity contribution < 1.29 is 14.5 Å². The maximum atomic E-state index is 12.1. The Morgan fingerprint density at radius 1 is 1.22 bits per heavy atom. The first kappa shape index (κ1) is 17.1. The first-order chi connectivity index (χ1) is 10.9. The Morgan fingerprint density at radius 2 is 1.83 bits per heavy atom. The Bertz CT molecular complexity index is 748. The molecule has 1 amide bonds. The van der Waals surface area contributed by atoms with Crippen LogP contribution in [0.25, 0.3) is 0 Å². The number of nitro groups is 1. The molecule has 8 heteroatoms. The number of anilines is 1. The average molecular weight is 355 g/mol. The maximum absolute atomic E-state index is 12.1. The summed E-state index contributed by atoms with van der Waals surface area (Å²) in [7, 11) is 1.55. The first-order valence-electron chi connectivity index (χ1n) is 6.47. The van der Waals surface area contributed by atoms with Crippen LogP contribution in [0.1, 0.15) is 5.56 Å². The molecule has 1 N–H and O–H groups in total. The fourth-order valence-electron chi connectivity index (χ4n) is 1.91. The first-order valence-corrected chi connectivity index (χ1v) is 7.22. The number of ether oxygens (including phenoxy) is 1. The second-order valence-corrected chi connectivity index (χ2v) is 5.43. The van der Waals surface area contributed by atoms with E-state index in [9.17, 15) is 14.9 Å². The van der Waals surface area contributed by atoms with E-state index in [4.69, 9.17) is 27.9 Å². The minimum atomic E-state index is -0.634. The molecular formula is C15H12Cl2N2O4. The predicted octanol–water partition coefficient (Wildman–Crippen LogP) is 4.09. The van der Waals surface area contributed by atoms with Crippen LogP contribution in [0, 0.1) is 10.1 Å². The Morgan fingerprint density at radius 3 is 2.39 bits per heavy atom. The zero-order valence-corrected chi connectivity index (χ0v) is 13.5. The van der Waals surface area contributed by atoms with E-state index in [0.29, 0.717) is 5.75 Å². The van der Waals surface area contributed by atoms with Gasteiger partial charge in [0.25, 0.3) is 5.69 Å². The van der Waals surface area contributed by atoms with Crippen LogP contribution in [-0.2, 0) is 11.2 Å². The summed E-state index contributed by atoms with van der Waals surface area (Å²) in [6.45, 7) is 0. The second kappa shape index (κ2) is 7.30. The van der Waals surface area contributed by atoms with Crippen molar-refractivity contribution in [3.8, 4) is 5.75 Å². The summed E-state index contributed by atoms with van der Waals surface area (Å²) >= 11 is 11.6. The molecule has 120 valence electrons. The number of halogens is 2. The number of hydrogen-bond acceptors (Lipinski definition) is 4. The van der Waals surface area contributed by atoms with Gasteiger partial charge in [0.05, 0.1) is 28.5 Å². The average Bonchev–Trinajstić information content (AvgIpc) is 2.51. The van der Waals surface area contributed by atoms with Crippen molar-refractivity contribution in [2.45, 2.75) is 6.42 Å². The number of nitrogens with zero attached hydrogens (tertiary/aromatic N) is 1. The zero-order valence-electron chi connectivity index (χ0n) is 12.0. The van der Waals surface area contributed by atoms with Crippen molar-refractivity contribution in [2.75, 3.05) is 12.4 Å². The predicted molar refractivity (Wildman–Crippen MR) is 88.4 cm³/mol. The molecular weight excluding hydrogens is 343 g/mol. The van der Waals surface area contributed by atoms with Crippen molar-refractivity contribution >= 4 is 40.5 Å². The van der Waals surface area contributed by atoms with Crippen LogP contribution in [-0.4, -0.2) is 17.9 Å². The van der Waals surface area contributed by atoms with Crippen LogP contribution in [0.3, 0.4) is 0 Å². The maximum Gasteiger partial charge on any atom is 0.294 e. The van der Waals surface area contributed by atoms with E-state index >= 15 is 0 Å². The summed E-state index contributed by atoms with van der Waals surface area (Å²) in [6, 6.07) is 9.29. The topological polar surface area (TPSA) is 81.5 Å². The van der Waals surface area contributed by atoms with Crippen molar-refractivity contribution in [3.05, 3.63) is 62.1 Å². The van der Waals surface area contributed by atoms with Crippen LogP contribution in [0.5, 0.6) is 5.75 Å². The molecule has 0 heterocycles. The summed E-state index contributed by atoms with van der Waals surface area (Å²) in [6.07, 6.45) is 0.0569. The van der Waals surface area contributed by atoms with Crippen molar-refractivity contribution in [1.29, 1.82) is 0 Å². The molecule has 2 aromatic rings. The van der Waals surface area contributed by atoms with Crippen LogP contribution in [0.4, 0.5) is 11.4 Å². The van der Waals surface area contributed by atoms with Crippen molar-refractivity contribution in [3.63, 3.8) is 0 Å². The van der Waals surface area contributed by atoms with Gasteiger partial charge in [0.15, 0.2) is 0 Å². The number of carbonyl (C=O) groups is 1.